The number of aromatic nitrogens is 10. The quantitative estimate of drug-likeness (QED) is 0.131. The van der Waals surface area contributed by atoms with Gasteiger partial charge in [0.25, 0.3) is 0 Å². The first-order valence-corrected chi connectivity index (χ1v) is 29.4. The first kappa shape index (κ1) is 49.8. The van der Waals surface area contributed by atoms with Crippen molar-refractivity contribution in [1.29, 1.82) is 0 Å². The van der Waals surface area contributed by atoms with E-state index in [0.717, 1.165) is 174 Å². The van der Waals surface area contributed by atoms with Crippen molar-refractivity contribution < 1.29 is 13.9 Å². The van der Waals surface area contributed by atoms with Gasteiger partial charge in [-0.25, -0.2) is 29.9 Å². The molecule has 20 heteroatoms. The molecule has 13 heterocycles. The molecule has 0 unspecified atom stereocenters. The van der Waals surface area contributed by atoms with Crippen LogP contribution in [0.25, 0.3) is 33.7 Å². The van der Waals surface area contributed by atoms with Crippen molar-refractivity contribution in [3.05, 3.63) is 66.7 Å². The van der Waals surface area contributed by atoms with E-state index >= 15 is 0 Å². The van der Waals surface area contributed by atoms with Crippen molar-refractivity contribution >= 4 is 63.1 Å². The van der Waals surface area contributed by atoms with Gasteiger partial charge < -0.3 is 44.2 Å². The highest BCUT2D eigenvalue weighted by Crippen LogP contribution is 2.49. The number of rotatable bonds is 8. The average molecular weight is 1060 g/mol. The lowest BCUT2D eigenvalue weighted by molar-refractivity contribution is 0.0115. The minimum Gasteiger partial charge on any atom is -0.439 e. The summed E-state index contributed by atoms with van der Waals surface area (Å²) < 4.78 is 22.0. The lowest BCUT2D eigenvalue weighted by Crippen LogP contribution is -2.49. The molecular formula is C58H75N17O3. The van der Waals surface area contributed by atoms with Gasteiger partial charge in [-0.15, -0.1) is 0 Å². The van der Waals surface area contributed by atoms with Crippen LogP contribution in [0.3, 0.4) is 0 Å². The van der Waals surface area contributed by atoms with Crippen LogP contribution in [-0.2, 0) is 27.0 Å². The number of nitrogens with zero attached hydrogens (tertiary/aromatic N) is 14. The molecule has 0 aromatic carbocycles. The molecule has 410 valence electrons. The second kappa shape index (κ2) is 21.3. The standard InChI is InChI=1S/C31H38N8O2.C27H37N9O/c1-21-34-25-18-31(9-3-2-4-10-31)39-26(28(25)41-21)17-22-19-33-30(36-29(22)39)35-27-6-5-24(20-32-27)37-11-7-23(8-12-37)38-13-15-40-16-14-38;1-2-8-27(9-3-1)10-11-28-26-31-22-19-30-25(33-24(22)36(26)27)32-23-5-4-21(18-29-23)34-12-6-20(7-13-34)35-14-16-37-17-15-35/h5-6,17,19-20,23H,2-4,7-16,18H2,1H3,(H,32,33,35,36);4-5,18-20H,1-3,6-17H2,(H,28,31)(H,29,30,32,33). The normalized spacial score (nSPS) is 21.9. The second-order valence-electron chi connectivity index (χ2n) is 23.2. The lowest BCUT2D eigenvalue weighted by atomic mass is 9.76. The Hall–Kier alpha value is -6.48. The highest BCUT2D eigenvalue weighted by Gasteiger charge is 2.44. The van der Waals surface area contributed by atoms with Gasteiger partial charge in [0.05, 0.1) is 78.9 Å². The number of imidazole rings is 1. The minimum absolute atomic E-state index is 0.00754. The zero-order valence-corrected chi connectivity index (χ0v) is 45.3. The molecule has 6 fully saturated rings. The fourth-order valence-corrected chi connectivity index (χ4v) is 14.6. The first-order valence-electron chi connectivity index (χ1n) is 29.4. The number of pyridine rings is 2. The molecule has 2 saturated carbocycles. The van der Waals surface area contributed by atoms with Crippen LogP contribution in [0.15, 0.2) is 59.5 Å². The molecule has 6 aliphatic heterocycles. The van der Waals surface area contributed by atoms with Crippen molar-refractivity contribution in [1.82, 2.24) is 58.8 Å². The van der Waals surface area contributed by atoms with E-state index in [-0.39, 0.29) is 11.1 Å². The first-order chi connectivity index (χ1) is 38.4. The third kappa shape index (κ3) is 9.69. The molecule has 3 N–H and O–H groups in total. The fraction of sp³-hybridized carbons (Fsp3) is 0.586. The van der Waals surface area contributed by atoms with Crippen LogP contribution in [0.2, 0.25) is 0 Å². The van der Waals surface area contributed by atoms with Gasteiger partial charge in [-0.2, -0.15) is 9.97 Å². The van der Waals surface area contributed by atoms with Gasteiger partial charge in [0.15, 0.2) is 17.3 Å². The number of morpholine rings is 2. The molecule has 2 spiro atoms. The molecule has 4 saturated heterocycles. The van der Waals surface area contributed by atoms with Gasteiger partial charge in [0.2, 0.25) is 17.8 Å². The highest BCUT2D eigenvalue weighted by molar-refractivity contribution is 5.85. The molecule has 2 aliphatic carbocycles. The van der Waals surface area contributed by atoms with Crippen LogP contribution in [0, 0.1) is 6.92 Å². The Morgan fingerprint density at radius 1 is 0.564 bits per heavy atom. The average Bonchev–Trinajstić information content (AvgIpc) is 4.37. The fourth-order valence-electron chi connectivity index (χ4n) is 14.6. The third-order valence-electron chi connectivity index (χ3n) is 18.6. The van der Waals surface area contributed by atoms with Crippen molar-refractivity contribution in [3.8, 4) is 11.5 Å². The summed E-state index contributed by atoms with van der Waals surface area (Å²) in [5.41, 5.74) is 7.36. The van der Waals surface area contributed by atoms with Crippen LogP contribution >= 0.6 is 0 Å². The number of hydrogen-bond acceptors (Lipinski definition) is 18. The van der Waals surface area contributed by atoms with Crippen molar-refractivity contribution in [2.75, 3.05) is 111 Å². The Labute approximate surface area is 456 Å². The number of nitrogens with one attached hydrogen (secondary N) is 3. The van der Waals surface area contributed by atoms with Crippen LogP contribution in [0.4, 0.5) is 40.9 Å². The molecule has 78 heavy (non-hydrogen) atoms. The van der Waals surface area contributed by atoms with E-state index < -0.39 is 0 Å². The predicted molar refractivity (Wildman–Crippen MR) is 302 cm³/mol. The maximum Gasteiger partial charge on any atom is 0.230 e. The van der Waals surface area contributed by atoms with E-state index in [1.54, 1.807) is 0 Å². The molecular weight excluding hydrogens is 983 g/mol. The summed E-state index contributed by atoms with van der Waals surface area (Å²) in [6.07, 6.45) is 26.8. The summed E-state index contributed by atoms with van der Waals surface area (Å²) in [6, 6.07) is 11.9. The summed E-state index contributed by atoms with van der Waals surface area (Å²) in [5, 5.41) is 11.2. The van der Waals surface area contributed by atoms with Gasteiger partial charge >= 0.3 is 0 Å². The third-order valence-corrected chi connectivity index (χ3v) is 18.6. The van der Waals surface area contributed by atoms with E-state index in [4.69, 9.17) is 43.8 Å². The van der Waals surface area contributed by atoms with Crippen LogP contribution in [-0.4, -0.2) is 156 Å². The largest absolute Gasteiger partial charge is 0.439 e. The van der Waals surface area contributed by atoms with Gasteiger partial charge in [0.1, 0.15) is 22.8 Å². The van der Waals surface area contributed by atoms with E-state index in [1.165, 1.54) is 88.4 Å². The number of anilines is 7. The minimum atomic E-state index is -0.00754. The molecule has 15 rings (SSSR count). The Bertz CT molecular complexity index is 3190. The molecule has 7 aromatic heterocycles. The summed E-state index contributed by atoms with van der Waals surface area (Å²) in [6.45, 7) is 14.9. The summed E-state index contributed by atoms with van der Waals surface area (Å²) in [5.74, 6) is 5.20. The van der Waals surface area contributed by atoms with Crippen LogP contribution in [0.5, 0.6) is 0 Å². The molecule has 20 nitrogen and oxygen atoms in total. The van der Waals surface area contributed by atoms with Gasteiger partial charge in [-0.1, -0.05) is 38.5 Å². The van der Waals surface area contributed by atoms with Crippen molar-refractivity contribution in [3.63, 3.8) is 0 Å². The maximum absolute atomic E-state index is 6.10. The molecule has 7 aromatic rings. The van der Waals surface area contributed by atoms with E-state index in [2.05, 4.69) is 72.9 Å². The molecule has 0 amide bonds. The van der Waals surface area contributed by atoms with E-state index in [9.17, 15) is 0 Å². The smallest absolute Gasteiger partial charge is 0.230 e. The summed E-state index contributed by atoms with van der Waals surface area (Å²) in [7, 11) is 0. The van der Waals surface area contributed by atoms with Gasteiger partial charge in [0, 0.05) is 95.9 Å². The zero-order chi connectivity index (χ0) is 52.0. The monoisotopic (exact) mass is 1060 g/mol. The zero-order valence-electron chi connectivity index (χ0n) is 45.3. The Morgan fingerprint density at radius 2 is 1.13 bits per heavy atom. The van der Waals surface area contributed by atoms with E-state index in [0.29, 0.717) is 24.0 Å². The van der Waals surface area contributed by atoms with Gasteiger partial charge in [-0.05, 0) is 88.1 Å². The lowest BCUT2D eigenvalue weighted by Gasteiger charge is -2.42. The van der Waals surface area contributed by atoms with E-state index in [1.807, 2.05) is 43.8 Å². The number of hydrogen-bond donors (Lipinski definition) is 3. The van der Waals surface area contributed by atoms with Crippen molar-refractivity contribution in [2.24, 2.45) is 0 Å². The molecule has 0 atom stereocenters. The van der Waals surface area contributed by atoms with Gasteiger partial charge in [-0.3, -0.25) is 14.4 Å². The Kier molecular flexibility index (Phi) is 13.6. The SMILES string of the molecule is Cc1nc2c(o1)-c1cc3cnc(Nc4ccc(N5CCC(N6CCOCC6)CC5)cn4)nc3n1C1(CCCCC1)C2.c1cc(Nc2ncc3nc4n(c3n2)C2(CCCCC2)CCN4)ncc1N1CCC(N2CCOCC2)CC1. The number of oxazole rings is 1. The molecule has 8 aliphatic rings. The number of fused-ring (bicyclic) bond motifs is 10. The summed E-state index contributed by atoms with van der Waals surface area (Å²) in [4.78, 5) is 48.3. The predicted octanol–water partition coefficient (Wildman–Crippen LogP) is 8.79. The highest BCUT2D eigenvalue weighted by atomic mass is 16.5. The maximum atomic E-state index is 6.10. The Morgan fingerprint density at radius 3 is 1.71 bits per heavy atom. The molecule has 0 radical (unpaired) electrons. The Balaban J connectivity index is 0.000000142. The topological polar surface area (TPSA) is 194 Å². The van der Waals surface area contributed by atoms with Crippen LogP contribution < -0.4 is 25.8 Å². The number of ether oxygens (including phenoxy) is 2. The molecule has 0 bridgehead atoms. The van der Waals surface area contributed by atoms with Crippen LogP contribution in [0.1, 0.15) is 108 Å². The summed E-state index contributed by atoms with van der Waals surface area (Å²) >= 11 is 0. The number of piperidine rings is 2. The number of aryl methyl sites for hydroxylation is 1. The second-order valence-corrected chi connectivity index (χ2v) is 23.2. The van der Waals surface area contributed by atoms with Crippen molar-refractivity contribution in [2.45, 2.75) is 133 Å².